The number of carbonyl (C=O) groups excluding carboxylic acids is 1. The minimum atomic E-state index is -3.59. The van der Waals surface area contributed by atoms with Crippen LogP contribution < -0.4 is 14.4 Å². The van der Waals surface area contributed by atoms with Gasteiger partial charge in [0.2, 0.25) is 0 Å². The van der Waals surface area contributed by atoms with Crippen LogP contribution in [0.5, 0.6) is 11.5 Å². The molecule has 2 fully saturated rings. The number of benzene rings is 3. The Bertz CT molecular complexity index is 1590. The van der Waals surface area contributed by atoms with Gasteiger partial charge in [0.25, 0.3) is 5.91 Å². The van der Waals surface area contributed by atoms with Gasteiger partial charge in [-0.2, -0.15) is 12.7 Å². The summed E-state index contributed by atoms with van der Waals surface area (Å²) in [6.07, 6.45) is 1.98. The van der Waals surface area contributed by atoms with Crippen LogP contribution in [0, 0.1) is 0 Å². The molecule has 37 heavy (non-hydrogen) atoms. The first-order valence-electron chi connectivity index (χ1n) is 12.3. The van der Waals surface area contributed by atoms with E-state index < -0.39 is 10.2 Å². The number of nitrogens with one attached hydrogen (secondary N) is 1. The van der Waals surface area contributed by atoms with E-state index in [0.29, 0.717) is 46.8 Å². The maximum absolute atomic E-state index is 13.1. The number of hydrogen-bond donors (Lipinski definition) is 1. The predicted octanol–water partition coefficient (Wildman–Crippen LogP) is 5.13. The Labute approximate surface area is 215 Å². The van der Waals surface area contributed by atoms with Gasteiger partial charge in [-0.25, -0.2) is 0 Å². The first-order chi connectivity index (χ1) is 17.9. The van der Waals surface area contributed by atoms with Crippen LogP contribution in [-0.4, -0.2) is 45.8 Å². The summed E-state index contributed by atoms with van der Waals surface area (Å²) in [5.41, 5.74) is 3.20. The number of hydrogen-bond acceptors (Lipinski definition) is 5. The molecule has 3 aromatic carbocycles. The van der Waals surface area contributed by atoms with Crippen LogP contribution in [0.3, 0.4) is 0 Å². The van der Waals surface area contributed by atoms with Crippen molar-refractivity contribution in [3.05, 3.63) is 77.9 Å². The summed E-state index contributed by atoms with van der Waals surface area (Å²) in [7, 11) is -0.415. The molecular weight excluding hydrogens is 490 g/mol. The third-order valence-electron chi connectivity index (χ3n) is 6.96. The predicted molar refractivity (Wildman–Crippen MR) is 142 cm³/mol. The molecule has 0 unspecified atom stereocenters. The third kappa shape index (κ3) is 4.14. The number of anilines is 1. The Kier molecular flexibility index (Phi) is 5.69. The van der Waals surface area contributed by atoms with Crippen molar-refractivity contribution in [1.82, 2.24) is 9.62 Å². The Morgan fingerprint density at radius 1 is 1.00 bits per heavy atom. The van der Waals surface area contributed by atoms with E-state index in [0.717, 1.165) is 29.7 Å². The highest BCUT2D eigenvalue weighted by Gasteiger charge is 2.38. The molecule has 0 spiro atoms. The van der Waals surface area contributed by atoms with Gasteiger partial charge in [0.15, 0.2) is 0 Å². The van der Waals surface area contributed by atoms with Gasteiger partial charge >= 0.3 is 10.2 Å². The van der Waals surface area contributed by atoms with Gasteiger partial charge in [-0.3, -0.25) is 9.10 Å². The fraction of sp³-hybridized carbons (Fsp3) is 0.250. The average molecular weight is 518 g/mol. The van der Waals surface area contributed by atoms with Crippen molar-refractivity contribution in [3.63, 3.8) is 0 Å². The fourth-order valence-electron chi connectivity index (χ4n) is 4.81. The van der Waals surface area contributed by atoms with Crippen molar-refractivity contribution in [2.75, 3.05) is 31.5 Å². The third-order valence-corrected chi connectivity index (χ3v) is 8.87. The van der Waals surface area contributed by atoms with Crippen LogP contribution in [0.2, 0.25) is 0 Å². The molecule has 1 saturated heterocycles. The van der Waals surface area contributed by atoms with E-state index in [2.05, 4.69) is 5.32 Å². The molecule has 9 heteroatoms. The molecule has 6 rings (SSSR count). The zero-order valence-electron chi connectivity index (χ0n) is 20.6. The molecule has 1 saturated carbocycles. The van der Waals surface area contributed by atoms with Crippen molar-refractivity contribution in [1.29, 1.82) is 0 Å². The minimum absolute atomic E-state index is 0.263. The lowest BCUT2D eigenvalue weighted by Crippen LogP contribution is -2.31. The number of para-hydroxylation sites is 1. The molecule has 2 aliphatic rings. The van der Waals surface area contributed by atoms with E-state index in [1.165, 1.54) is 8.61 Å². The van der Waals surface area contributed by atoms with Crippen LogP contribution in [0.1, 0.15) is 34.7 Å². The number of ether oxygens (including phenoxy) is 1. The number of nitrogens with zero attached hydrogens (tertiary/aromatic N) is 2. The van der Waals surface area contributed by atoms with E-state index in [4.69, 9.17) is 9.15 Å². The summed E-state index contributed by atoms with van der Waals surface area (Å²) >= 11 is 0. The van der Waals surface area contributed by atoms with E-state index in [1.54, 1.807) is 20.2 Å². The molecular formula is C28H27N3O5S. The Morgan fingerprint density at radius 2 is 1.70 bits per heavy atom. The highest BCUT2D eigenvalue weighted by atomic mass is 32.2. The Morgan fingerprint density at radius 3 is 2.32 bits per heavy atom. The molecule has 0 atom stereocenters. The van der Waals surface area contributed by atoms with E-state index in [-0.39, 0.29) is 11.8 Å². The molecule has 2 heterocycles. The Hall–Kier alpha value is -3.82. The lowest BCUT2D eigenvalue weighted by Gasteiger charge is -2.21. The molecule has 4 aromatic rings. The second-order valence-electron chi connectivity index (χ2n) is 9.41. The van der Waals surface area contributed by atoms with Gasteiger partial charge in [0, 0.05) is 44.2 Å². The monoisotopic (exact) mass is 517 g/mol. The summed E-state index contributed by atoms with van der Waals surface area (Å²) in [6, 6.07) is 20.6. The van der Waals surface area contributed by atoms with Crippen LogP contribution in [-0.2, 0) is 10.2 Å². The lowest BCUT2D eigenvalue weighted by molar-refractivity contribution is 0.0964. The molecule has 1 aromatic heterocycles. The smallest absolute Gasteiger partial charge is 0.303 e. The van der Waals surface area contributed by atoms with Crippen LogP contribution in [0.25, 0.3) is 22.3 Å². The van der Waals surface area contributed by atoms with Crippen molar-refractivity contribution in [2.45, 2.75) is 18.8 Å². The van der Waals surface area contributed by atoms with Crippen molar-refractivity contribution in [2.24, 2.45) is 0 Å². The largest absolute Gasteiger partial charge is 0.457 e. The lowest BCUT2D eigenvalue weighted by atomic mass is 10.0. The number of rotatable bonds is 6. The van der Waals surface area contributed by atoms with Crippen LogP contribution >= 0.6 is 0 Å². The Balaban J connectivity index is 1.46. The van der Waals surface area contributed by atoms with Gasteiger partial charge in [0.05, 0.1) is 11.3 Å². The fourth-order valence-corrected chi connectivity index (χ4v) is 6.18. The standard InChI is InChI=1S/C28H27N3O5S/c1-29-28(32)26-23-16-22(18-8-9-18)24(31-15-14-30(2)37(31,33)34)17-25(23)36-27(26)19-10-12-21(13-11-19)35-20-6-4-3-5-7-20/h3-7,10-13,16-18H,8-9,14-15H2,1-2H3,(H,29,32). The normalized spacial score (nSPS) is 17.3. The molecule has 8 nitrogen and oxygen atoms in total. The summed E-state index contributed by atoms with van der Waals surface area (Å²) < 4.78 is 41.0. The van der Waals surface area contributed by atoms with Crippen molar-refractivity contribution < 1.29 is 22.4 Å². The van der Waals surface area contributed by atoms with Crippen molar-refractivity contribution >= 4 is 32.8 Å². The topological polar surface area (TPSA) is 92.1 Å². The summed E-state index contributed by atoms with van der Waals surface area (Å²) in [4.78, 5) is 13.1. The first-order valence-corrected chi connectivity index (χ1v) is 13.7. The average Bonchev–Trinajstić information content (AvgIpc) is 3.63. The molecule has 1 N–H and O–H groups in total. The van der Waals surface area contributed by atoms with Crippen molar-refractivity contribution in [3.8, 4) is 22.8 Å². The van der Waals surface area contributed by atoms with Gasteiger partial charge in [0.1, 0.15) is 22.8 Å². The number of likely N-dealkylation sites (N-methyl/N-ethyl adjacent to an activating group) is 1. The van der Waals surface area contributed by atoms with E-state index in [1.807, 2.05) is 60.7 Å². The van der Waals surface area contributed by atoms with Gasteiger partial charge in [-0.1, -0.05) is 18.2 Å². The highest BCUT2D eigenvalue weighted by molar-refractivity contribution is 7.90. The maximum Gasteiger partial charge on any atom is 0.303 e. The number of carbonyl (C=O) groups is 1. The zero-order chi connectivity index (χ0) is 25.7. The number of fused-ring (bicyclic) bond motifs is 1. The molecule has 190 valence electrons. The SMILES string of the molecule is CNC(=O)c1c(-c2ccc(Oc3ccccc3)cc2)oc2cc(N3CCN(C)S3(=O)=O)c(C3CC3)cc12. The second kappa shape index (κ2) is 8.93. The molecule has 1 aliphatic carbocycles. The number of amides is 1. The molecule has 0 bridgehead atoms. The van der Waals surface area contributed by atoms with Crippen LogP contribution in [0.4, 0.5) is 5.69 Å². The summed E-state index contributed by atoms with van der Waals surface area (Å²) in [6.45, 7) is 0.803. The summed E-state index contributed by atoms with van der Waals surface area (Å²) in [5.74, 6) is 1.83. The van der Waals surface area contributed by atoms with Gasteiger partial charge in [-0.05, 0) is 66.8 Å². The number of furan rings is 1. The molecule has 1 aliphatic heterocycles. The molecule has 0 radical (unpaired) electrons. The highest BCUT2D eigenvalue weighted by Crippen LogP contribution is 2.48. The van der Waals surface area contributed by atoms with Gasteiger partial charge < -0.3 is 14.5 Å². The first kappa shape index (κ1) is 23.6. The quantitative estimate of drug-likeness (QED) is 0.383. The van der Waals surface area contributed by atoms with Gasteiger partial charge in [-0.15, -0.1) is 0 Å². The maximum atomic E-state index is 13.1. The second-order valence-corrected chi connectivity index (χ2v) is 11.4. The minimum Gasteiger partial charge on any atom is -0.457 e. The summed E-state index contributed by atoms with van der Waals surface area (Å²) in [5, 5.41) is 3.41. The van der Waals surface area contributed by atoms with E-state index in [9.17, 15) is 13.2 Å². The van der Waals surface area contributed by atoms with Crippen LogP contribution in [0.15, 0.2) is 71.1 Å². The zero-order valence-corrected chi connectivity index (χ0v) is 21.4. The molecule has 1 amide bonds. The van der Waals surface area contributed by atoms with E-state index >= 15 is 0 Å².